The molecule has 2 aromatic carbocycles. The summed E-state index contributed by atoms with van der Waals surface area (Å²) in [6, 6.07) is 18.1. The summed E-state index contributed by atoms with van der Waals surface area (Å²) in [6.45, 7) is 6.96. The van der Waals surface area contributed by atoms with E-state index in [4.69, 9.17) is 15.2 Å². The molecular weight excluding hydrogens is 664 g/mol. The summed E-state index contributed by atoms with van der Waals surface area (Å²) >= 11 is 0. The maximum Gasteiger partial charge on any atom is 0.237 e. The van der Waals surface area contributed by atoms with Gasteiger partial charge in [-0.3, -0.25) is 4.79 Å². The average molecular weight is 744 g/mol. The summed E-state index contributed by atoms with van der Waals surface area (Å²) in [4.78, 5) is 13.0. The second-order valence-corrected chi connectivity index (χ2v) is 15.0. The first-order chi connectivity index (χ1) is 25.1. The molecule has 0 aliphatic heterocycles. The number of carbonyl (C=O) groups is 1. The molecule has 2 rings (SSSR count). The first-order valence-corrected chi connectivity index (χ1v) is 21.5. The van der Waals surface area contributed by atoms with E-state index in [1.54, 1.807) is 0 Å². The minimum atomic E-state index is -0.605. The largest absolute Gasteiger partial charge is 0.379 e. The molecule has 2 atom stereocenters. The molecule has 52 heavy (non-hydrogen) atoms. The fourth-order valence-corrected chi connectivity index (χ4v) is 6.77. The molecule has 0 bridgehead atoms. The molecule has 0 saturated carbocycles. The second-order valence-electron chi connectivity index (χ2n) is 15.0. The predicted octanol–water partition coefficient (Wildman–Crippen LogP) is 12.6. The van der Waals surface area contributed by atoms with Gasteiger partial charge in [-0.15, -0.1) is 12.4 Å². The van der Waals surface area contributed by atoms with Gasteiger partial charge in [-0.25, -0.2) is 0 Å². The van der Waals surface area contributed by atoms with Gasteiger partial charge < -0.3 is 20.5 Å². The zero-order chi connectivity index (χ0) is 36.5. The Morgan fingerprint density at radius 1 is 0.577 bits per heavy atom. The molecule has 5 nitrogen and oxygen atoms in total. The third-order valence-electron chi connectivity index (χ3n) is 10.2. The second kappa shape index (κ2) is 34.8. The molecule has 0 radical (unpaired) electrons. The van der Waals surface area contributed by atoms with Crippen molar-refractivity contribution in [2.24, 2.45) is 5.73 Å². The molecule has 0 spiro atoms. The number of rotatable bonds is 35. The topological polar surface area (TPSA) is 73.6 Å². The molecular formula is C46H79ClN2O3. The molecule has 0 saturated heterocycles. The van der Waals surface area contributed by atoms with Gasteiger partial charge in [0, 0.05) is 19.8 Å². The Morgan fingerprint density at radius 3 is 1.48 bits per heavy atom. The van der Waals surface area contributed by atoms with Crippen molar-refractivity contribution in [3.8, 4) is 11.1 Å². The molecule has 0 aromatic heterocycles. The van der Waals surface area contributed by atoms with E-state index in [9.17, 15) is 4.79 Å². The number of amides is 1. The van der Waals surface area contributed by atoms with E-state index >= 15 is 0 Å². The van der Waals surface area contributed by atoms with Crippen molar-refractivity contribution in [2.45, 2.75) is 187 Å². The fourth-order valence-electron chi connectivity index (χ4n) is 6.77. The van der Waals surface area contributed by atoms with E-state index in [-0.39, 0.29) is 24.4 Å². The Hall–Kier alpha value is -1.92. The van der Waals surface area contributed by atoms with Crippen LogP contribution in [0, 0.1) is 0 Å². The highest BCUT2D eigenvalue weighted by molar-refractivity contribution is 5.85. The van der Waals surface area contributed by atoms with E-state index in [0.717, 1.165) is 30.6 Å². The van der Waals surface area contributed by atoms with Crippen LogP contribution in [0.5, 0.6) is 0 Å². The van der Waals surface area contributed by atoms with Crippen LogP contribution in [0.4, 0.5) is 0 Å². The Balaban J connectivity index is 0.0000135. The summed E-state index contributed by atoms with van der Waals surface area (Å²) in [6.07, 6.45) is 32.3. The van der Waals surface area contributed by atoms with Crippen molar-refractivity contribution in [2.75, 3.05) is 26.4 Å². The van der Waals surface area contributed by atoms with Crippen LogP contribution in [0.1, 0.15) is 174 Å². The van der Waals surface area contributed by atoms with Crippen molar-refractivity contribution in [1.82, 2.24) is 5.32 Å². The van der Waals surface area contributed by atoms with Crippen LogP contribution in [0.2, 0.25) is 0 Å². The van der Waals surface area contributed by atoms with Gasteiger partial charge in [0.05, 0.1) is 18.8 Å². The Kier molecular flexibility index (Phi) is 32.2. The van der Waals surface area contributed by atoms with Gasteiger partial charge in [-0.1, -0.05) is 210 Å². The van der Waals surface area contributed by atoms with E-state index in [1.165, 1.54) is 147 Å². The number of ether oxygens (including phenoxy) is 2. The lowest BCUT2D eigenvalue weighted by Gasteiger charge is -2.20. The fraction of sp³-hybridized carbons (Fsp3) is 0.717. The molecule has 0 aliphatic carbocycles. The lowest BCUT2D eigenvalue weighted by molar-refractivity contribution is -0.123. The zero-order valence-electron chi connectivity index (χ0n) is 33.6. The molecule has 0 heterocycles. The first kappa shape index (κ1) is 48.1. The molecule has 3 N–H and O–H groups in total. The number of nitrogens with two attached hydrogens (primary N) is 1. The highest BCUT2D eigenvalue weighted by atomic mass is 35.5. The quantitative estimate of drug-likeness (QED) is 0.0690. The number of halogens is 1. The summed E-state index contributed by atoms with van der Waals surface area (Å²) in [5, 5.41) is 3.07. The van der Waals surface area contributed by atoms with Crippen LogP contribution in [-0.4, -0.2) is 44.4 Å². The minimum Gasteiger partial charge on any atom is -0.379 e. The maximum atomic E-state index is 13.0. The standard InChI is InChI=1S/C46H78N2O3.ClH/c1-3-5-7-9-11-13-15-17-19-21-23-28-36-50-40-44(51-37-29-24-22-20-18-16-14-12-10-8-6-4-2)39-48-46(49)45(47)38-41-32-34-43(35-33-41)42-30-26-25-27-31-42;/h25-27,30-35,44-45H,3-24,28-29,36-40,47H2,1-2H3,(H,48,49);1H/t44?,45-;/m0./s1. The highest BCUT2D eigenvalue weighted by Crippen LogP contribution is 2.20. The van der Waals surface area contributed by atoms with Gasteiger partial charge in [0.15, 0.2) is 0 Å². The van der Waals surface area contributed by atoms with Crippen LogP contribution in [0.3, 0.4) is 0 Å². The van der Waals surface area contributed by atoms with Gasteiger partial charge >= 0.3 is 0 Å². The van der Waals surface area contributed by atoms with E-state index in [0.29, 0.717) is 26.2 Å². The Bertz CT molecular complexity index is 1050. The van der Waals surface area contributed by atoms with E-state index in [2.05, 4.69) is 55.6 Å². The number of benzene rings is 2. The lowest BCUT2D eigenvalue weighted by Crippen LogP contribution is -2.45. The predicted molar refractivity (Wildman–Crippen MR) is 227 cm³/mol. The van der Waals surface area contributed by atoms with Gasteiger partial charge in [0.25, 0.3) is 0 Å². The van der Waals surface area contributed by atoms with Gasteiger partial charge in [-0.2, -0.15) is 0 Å². The number of carbonyl (C=O) groups excluding carboxylic acids is 1. The minimum absolute atomic E-state index is 0. The lowest BCUT2D eigenvalue weighted by atomic mass is 10.0. The SMILES string of the molecule is CCCCCCCCCCCCCCOCC(CNC(=O)[C@@H](N)Cc1ccc(-c2ccccc2)cc1)OCCCCCCCCCCCCCC.Cl. The normalized spacial score (nSPS) is 12.4. The molecule has 2 aromatic rings. The van der Waals surface area contributed by atoms with Crippen LogP contribution in [-0.2, 0) is 20.7 Å². The van der Waals surface area contributed by atoms with Gasteiger partial charge in [-0.05, 0) is 36.0 Å². The van der Waals surface area contributed by atoms with Gasteiger partial charge in [0.2, 0.25) is 5.91 Å². The van der Waals surface area contributed by atoms with Crippen LogP contribution < -0.4 is 11.1 Å². The van der Waals surface area contributed by atoms with Crippen LogP contribution >= 0.6 is 12.4 Å². The third-order valence-corrected chi connectivity index (χ3v) is 10.2. The maximum absolute atomic E-state index is 13.0. The monoisotopic (exact) mass is 743 g/mol. The summed E-state index contributed by atoms with van der Waals surface area (Å²) in [5.74, 6) is -0.137. The number of hydrogen-bond acceptors (Lipinski definition) is 4. The first-order valence-electron chi connectivity index (χ1n) is 21.5. The highest BCUT2D eigenvalue weighted by Gasteiger charge is 2.17. The number of hydrogen-bond donors (Lipinski definition) is 2. The molecule has 1 unspecified atom stereocenters. The van der Waals surface area contributed by atoms with Crippen LogP contribution in [0.25, 0.3) is 11.1 Å². The number of unbranched alkanes of at least 4 members (excludes halogenated alkanes) is 22. The Morgan fingerprint density at radius 2 is 1.00 bits per heavy atom. The number of nitrogens with one attached hydrogen (secondary N) is 1. The average Bonchev–Trinajstić information content (AvgIpc) is 3.15. The summed E-state index contributed by atoms with van der Waals surface area (Å²) in [7, 11) is 0. The van der Waals surface area contributed by atoms with Crippen LogP contribution in [0.15, 0.2) is 54.6 Å². The van der Waals surface area contributed by atoms with Crippen molar-refractivity contribution >= 4 is 18.3 Å². The van der Waals surface area contributed by atoms with Crippen molar-refractivity contribution in [3.63, 3.8) is 0 Å². The molecule has 0 aliphatic rings. The molecule has 1 amide bonds. The smallest absolute Gasteiger partial charge is 0.237 e. The summed E-state index contributed by atoms with van der Waals surface area (Å²) < 4.78 is 12.4. The van der Waals surface area contributed by atoms with E-state index < -0.39 is 6.04 Å². The zero-order valence-corrected chi connectivity index (χ0v) is 34.4. The van der Waals surface area contributed by atoms with Crippen molar-refractivity contribution < 1.29 is 14.3 Å². The molecule has 298 valence electrons. The Labute approximate surface area is 326 Å². The summed E-state index contributed by atoms with van der Waals surface area (Å²) in [5.41, 5.74) is 9.76. The third kappa shape index (κ3) is 26.0. The molecule has 6 heteroatoms. The van der Waals surface area contributed by atoms with Crippen molar-refractivity contribution in [3.05, 3.63) is 60.2 Å². The molecule has 0 fully saturated rings. The van der Waals surface area contributed by atoms with Crippen molar-refractivity contribution in [1.29, 1.82) is 0 Å². The van der Waals surface area contributed by atoms with Gasteiger partial charge in [0.1, 0.15) is 0 Å². The van der Waals surface area contributed by atoms with E-state index in [1.807, 2.05) is 18.2 Å².